The van der Waals surface area contributed by atoms with Gasteiger partial charge in [-0.2, -0.15) is 0 Å². The van der Waals surface area contributed by atoms with E-state index in [0.29, 0.717) is 34.7 Å². The first-order chi connectivity index (χ1) is 17.5. The molecule has 0 aromatic rings. The lowest BCUT2D eigenvalue weighted by Gasteiger charge is -2.62. The lowest BCUT2D eigenvalue weighted by atomic mass is 9.43. The molecule has 222 valence electrons. The van der Waals surface area contributed by atoms with E-state index in [1.165, 1.54) is 63.5 Å². The Hall–Kier alpha value is -0.760. The third-order valence-electron chi connectivity index (χ3n) is 13.4. The molecule has 0 aromatic heterocycles. The number of allylic oxidation sites excluding steroid dienone is 2. The fourth-order valence-electron chi connectivity index (χ4n) is 10.5. The van der Waals surface area contributed by atoms with Gasteiger partial charge in [-0.05, 0) is 129 Å². The van der Waals surface area contributed by atoms with E-state index in [-0.39, 0.29) is 12.7 Å². The van der Waals surface area contributed by atoms with Crippen LogP contribution >= 0.6 is 0 Å². The third-order valence-corrected chi connectivity index (χ3v) is 13.4. The maximum atomic E-state index is 9.36. The zero-order valence-corrected chi connectivity index (χ0v) is 25.6. The second-order valence-electron chi connectivity index (χ2n) is 15.4. The van der Waals surface area contributed by atoms with Crippen molar-refractivity contribution in [1.29, 1.82) is 0 Å². The predicted molar refractivity (Wildman–Crippen MR) is 168 cm³/mol. The van der Waals surface area contributed by atoms with Crippen LogP contribution in [0.2, 0.25) is 0 Å². The highest BCUT2D eigenvalue weighted by Gasteiger charge is 2.67. The van der Waals surface area contributed by atoms with Gasteiger partial charge in [-0.25, -0.2) is 0 Å². The van der Waals surface area contributed by atoms with E-state index in [9.17, 15) is 5.11 Å². The predicted octanol–water partition coefficient (Wildman–Crippen LogP) is 10.8. The molecule has 2 heteroatoms. The Morgan fingerprint density at radius 2 is 1.78 bits per heavy atom. The van der Waals surface area contributed by atoms with Crippen molar-refractivity contribution in [2.75, 3.05) is 6.61 Å². The van der Waals surface area contributed by atoms with Crippen LogP contribution in [0.25, 0.3) is 0 Å². The first-order valence-corrected chi connectivity index (χ1v) is 16.0. The third kappa shape index (κ3) is 4.89. The van der Waals surface area contributed by atoms with Crippen LogP contribution in [-0.2, 0) is 4.74 Å². The van der Waals surface area contributed by atoms with Crippen molar-refractivity contribution in [3.05, 3.63) is 25.0 Å². The molecule has 4 aliphatic carbocycles. The van der Waals surface area contributed by atoms with Crippen LogP contribution in [0.1, 0.15) is 133 Å². The largest absolute Gasteiger partial charge is 0.492 e. The van der Waals surface area contributed by atoms with Gasteiger partial charge in [-0.3, -0.25) is 0 Å². The van der Waals surface area contributed by atoms with Crippen LogP contribution in [0.3, 0.4) is 0 Å². The summed E-state index contributed by atoms with van der Waals surface area (Å²) in [6, 6.07) is 0. The molecule has 1 saturated heterocycles. The molecular weight excluding hydrogens is 452 g/mol. The van der Waals surface area contributed by atoms with E-state index in [0.717, 1.165) is 48.9 Å². The zero-order valence-electron chi connectivity index (χ0n) is 25.6. The van der Waals surface area contributed by atoms with Crippen molar-refractivity contribution in [1.82, 2.24) is 0 Å². The van der Waals surface area contributed by atoms with Gasteiger partial charge in [0.2, 0.25) is 0 Å². The highest BCUT2D eigenvalue weighted by molar-refractivity contribution is 5.20. The first-order valence-electron chi connectivity index (χ1n) is 16.0. The minimum atomic E-state index is 0. The van der Waals surface area contributed by atoms with Crippen molar-refractivity contribution >= 4 is 0 Å². The van der Waals surface area contributed by atoms with Crippen LogP contribution in [0, 0.1) is 57.7 Å². The molecule has 1 N–H and O–H groups in total. The molecule has 4 saturated carbocycles. The molecule has 1 heterocycles. The Labute approximate surface area is 237 Å². The molecular formula is C35H70O2. The van der Waals surface area contributed by atoms with Crippen LogP contribution in [0.5, 0.6) is 0 Å². The van der Waals surface area contributed by atoms with Gasteiger partial charge < -0.3 is 9.84 Å². The van der Waals surface area contributed by atoms with Crippen LogP contribution in [0.15, 0.2) is 25.0 Å². The van der Waals surface area contributed by atoms with Gasteiger partial charge in [0.05, 0.1) is 5.76 Å². The zero-order chi connectivity index (χ0) is 27.2. The van der Waals surface area contributed by atoms with Gasteiger partial charge in [0.25, 0.3) is 0 Å². The maximum absolute atomic E-state index is 9.36. The Morgan fingerprint density at radius 1 is 1.08 bits per heavy atom. The van der Waals surface area contributed by atoms with E-state index in [1.54, 1.807) is 0 Å². The number of rotatable bonds is 6. The molecule has 0 spiro atoms. The van der Waals surface area contributed by atoms with Crippen molar-refractivity contribution in [3.63, 3.8) is 0 Å². The van der Waals surface area contributed by atoms with E-state index in [1.807, 2.05) is 0 Å². The summed E-state index contributed by atoms with van der Waals surface area (Å²) in [5, 5.41) is 9.36. The van der Waals surface area contributed by atoms with Gasteiger partial charge >= 0.3 is 0 Å². The fourth-order valence-corrected chi connectivity index (χ4v) is 10.5. The molecule has 0 radical (unpaired) electrons. The van der Waals surface area contributed by atoms with Crippen molar-refractivity contribution in [2.24, 2.45) is 57.7 Å². The highest BCUT2D eigenvalue weighted by Crippen LogP contribution is 2.72. The highest BCUT2D eigenvalue weighted by atomic mass is 16.5. The van der Waals surface area contributed by atoms with Crippen molar-refractivity contribution < 1.29 is 17.0 Å². The number of ether oxygens (including phenoxy) is 1. The monoisotopic (exact) mass is 523 g/mol. The summed E-state index contributed by atoms with van der Waals surface area (Å²) in [6.45, 7) is 23.8. The normalized spacial score (nSPS) is 46.5. The Bertz CT molecular complexity index is 851. The van der Waals surface area contributed by atoms with E-state index in [2.05, 4.69) is 67.7 Å². The van der Waals surface area contributed by atoms with Gasteiger partial charge in [0.1, 0.15) is 5.60 Å². The summed E-state index contributed by atoms with van der Waals surface area (Å²) >= 11 is 0. The summed E-state index contributed by atoms with van der Waals surface area (Å²) in [7, 11) is 0. The molecule has 10 atom stereocenters. The number of fused-ring (bicyclic) bond motifs is 7. The van der Waals surface area contributed by atoms with Gasteiger partial charge in [0.15, 0.2) is 0 Å². The van der Waals surface area contributed by atoms with Crippen LogP contribution < -0.4 is 0 Å². The molecule has 5 aliphatic rings. The molecule has 5 rings (SSSR count). The number of aliphatic hydroxyl groups is 1. The van der Waals surface area contributed by atoms with Crippen LogP contribution in [0.4, 0.5) is 0 Å². The summed E-state index contributed by atoms with van der Waals surface area (Å²) in [5.41, 5.74) is 1.59. The first kappa shape index (κ1) is 29.2. The molecule has 0 amide bonds. The Morgan fingerprint density at radius 3 is 2.46 bits per heavy atom. The van der Waals surface area contributed by atoms with Crippen molar-refractivity contribution in [2.45, 2.75) is 131 Å². The minimum Gasteiger partial charge on any atom is -0.492 e. The summed E-state index contributed by atoms with van der Waals surface area (Å²) in [4.78, 5) is 0. The summed E-state index contributed by atoms with van der Waals surface area (Å²) in [6.07, 6.45) is 18.5. The quantitative estimate of drug-likeness (QED) is 0.351. The smallest absolute Gasteiger partial charge is 0.110 e. The second-order valence-corrected chi connectivity index (χ2v) is 15.4. The molecule has 6 unspecified atom stereocenters. The average Bonchev–Trinajstić information content (AvgIpc) is 3.33. The Kier molecular flexibility index (Phi) is 8.42. The van der Waals surface area contributed by atoms with Crippen LogP contribution in [-0.4, -0.2) is 17.3 Å². The van der Waals surface area contributed by atoms with Gasteiger partial charge in [-0.15, -0.1) is 13.2 Å². The van der Waals surface area contributed by atoms with Crippen molar-refractivity contribution in [3.8, 4) is 0 Å². The van der Waals surface area contributed by atoms with Gasteiger partial charge in [-0.1, -0.05) is 48.0 Å². The molecule has 5 fully saturated rings. The molecule has 1 aliphatic heterocycles. The summed E-state index contributed by atoms with van der Waals surface area (Å²) < 4.78 is 6.82. The standard InChI is InChI=1S/C33H56O2.C2H4.5H2/c1-8-30(3,4)23-14-16-31(5)24(18-23)12-13-26-27(31)15-17-32(6)28(26)20-33(7)29(32)19-25(35-33)11-9-10-22(2)21-34;1-2;;;;;/h11,22-24,26-29,34H,8-10,12-21H2,1-7H3;1-2H2;5*1H/b25-11-;;;;;;/t22?,23-,24?,26+,27?,28?,29?,31-,32-,33?;;;;;;/m0....../s1. The maximum Gasteiger partial charge on any atom is 0.110 e. The number of aliphatic hydroxyl groups excluding tert-OH is 1. The minimum absolute atomic E-state index is 0. The second kappa shape index (κ2) is 10.7. The topological polar surface area (TPSA) is 29.5 Å². The fraction of sp³-hybridized carbons (Fsp3) is 0.886. The lowest BCUT2D eigenvalue weighted by molar-refractivity contribution is -0.125. The number of hydrogen-bond acceptors (Lipinski definition) is 2. The van der Waals surface area contributed by atoms with E-state index in [4.69, 9.17) is 4.74 Å². The number of hydrogen-bond donors (Lipinski definition) is 1. The van der Waals surface area contributed by atoms with E-state index < -0.39 is 0 Å². The molecule has 37 heavy (non-hydrogen) atoms. The van der Waals surface area contributed by atoms with E-state index >= 15 is 0 Å². The molecule has 0 bridgehead atoms. The average molecular weight is 523 g/mol. The summed E-state index contributed by atoms with van der Waals surface area (Å²) in [5.74, 6) is 6.96. The molecule has 0 aromatic carbocycles. The van der Waals surface area contributed by atoms with Gasteiger partial charge in [0, 0.05) is 26.1 Å². The SMILES string of the molecule is C=C.CCC(C)(C)[C@H]1CC[C@@]2(C)C(CC[C@@H]3C2CC[C@@]2(C)C3CC3(C)O/C(=C\CCC(C)CO)CC32)C1.[HH].[HH].[HH].[HH].[HH]. The molecule has 2 nitrogen and oxygen atoms in total. The Balaban J connectivity index is 0. The lowest BCUT2D eigenvalue weighted by Crippen LogP contribution is -2.54.